The van der Waals surface area contributed by atoms with Crippen LogP contribution in [0.2, 0.25) is 0 Å². The molecule has 0 amide bonds. The normalized spacial score (nSPS) is 13.0. The molecule has 0 saturated carbocycles. The summed E-state index contributed by atoms with van der Waals surface area (Å²) >= 11 is 0. The van der Waals surface area contributed by atoms with Crippen LogP contribution in [0.5, 0.6) is 0 Å². The van der Waals surface area contributed by atoms with Crippen LogP contribution in [0.3, 0.4) is 0 Å². The maximum absolute atomic E-state index is 9.60. The van der Waals surface area contributed by atoms with Crippen LogP contribution in [0, 0.1) is 16.2 Å². The molecule has 124 valence electrons. The summed E-state index contributed by atoms with van der Waals surface area (Å²) in [7, 11) is 0. The summed E-state index contributed by atoms with van der Waals surface area (Å²) in [6.07, 6.45) is 1.44. The molecule has 0 atom stereocenters. The second kappa shape index (κ2) is 9.78. The number of rotatable bonds is 3. The third kappa shape index (κ3) is 13.2. The van der Waals surface area contributed by atoms with Crippen LogP contribution < -0.4 is 0 Å². The van der Waals surface area contributed by atoms with E-state index in [9.17, 15) is 9.90 Å². The molecular weight excluding hydrogens is 304 g/mol. The fraction of sp³-hybridized carbons (Fsp3) is 0.812. The number of carbonyl (C=O) groups excluding carboxylic acids is 1. The summed E-state index contributed by atoms with van der Waals surface area (Å²) in [5.41, 5.74) is -0.918. The molecule has 0 unspecified atom stereocenters. The number of allylic oxidation sites excluding steroid dienone is 2. The molecule has 0 aliphatic carbocycles. The molecule has 0 heterocycles. The first-order valence-corrected chi connectivity index (χ1v) is 6.86. The quantitative estimate of drug-likeness (QED) is 0.320. The summed E-state index contributed by atoms with van der Waals surface area (Å²) < 4.78 is 0. The third-order valence-electron chi connectivity index (χ3n) is 2.67. The Hall–Kier alpha value is -0.156. The van der Waals surface area contributed by atoms with Gasteiger partial charge < -0.3 is 15.3 Å². The van der Waals surface area contributed by atoms with Crippen molar-refractivity contribution >= 4 is 5.78 Å². The van der Waals surface area contributed by atoms with Crippen LogP contribution in [0.15, 0.2) is 11.8 Å². The minimum absolute atomic E-state index is 0. The Labute approximate surface area is 144 Å². The molecular formula is C16H33O4Ti+. The molecule has 0 saturated heterocycles. The Morgan fingerprint density at radius 3 is 1.33 bits per heavy atom. The molecule has 0 aromatic heterocycles. The van der Waals surface area contributed by atoms with Gasteiger partial charge in [-0.15, -0.1) is 0 Å². The van der Waals surface area contributed by atoms with E-state index >= 15 is 0 Å². The zero-order valence-corrected chi connectivity index (χ0v) is 16.3. The van der Waals surface area contributed by atoms with Gasteiger partial charge in [0.1, 0.15) is 5.76 Å². The van der Waals surface area contributed by atoms with Gasteiger partial charge in [-0.3, -0.25) is 4.79 Å². The topological polar surface area (TPSA) is 82.1 Å². The molecule has 0 aromatic rings. The summed E-state index contributed by atoms with van der Waals surface area (Å²) in [5.74, 6) is 0.417. The first-order chi connectivity index (χ1) is 8.67. The summed E-state index contributed by atoms with van der Waals surface area (Å²) in [6, 6.07) is 0. The average Bonchev–Trinajstić information content (AvgIpc) is 2.27. The molecule has 0 aliphatic heterocycles. The summed E-state index contributed by atoms with van der Waals surface area (Å²) in [6.45, 7) is 15.1. The minimum atomic E-state index is -0.306. The van der Waals surface area contributed by atoms with Crippen molar-refractivity contribution in [3.05, 3.63) is 11.8 Å². The predicted molar refractivity (Wildman–Crippen MR) is 84.5 cm³/mol. The fourth-order valence-electron chi connectivity index (χ4n) is 0.613. The average molecular weight is 337 g/mol. The van der Waals surface area contributed by atoms with Gasteiger partial charge in [0, 0.05) is 32.5 Å². The van der Waals surface area contributed by atoms with Gasteiger partial charge in [0.15, 0.2) is 0 Å². The van der Waals surface area contributed by atoms with Crippen molar-refractivity contribution in [3.8, 4) is 0 Å². The van der Waals surface area contributed by atoms with E-state index in [0.717, 1.165) is 0 Å². The van der Waals surface area contributed by atoms with Gasteiger partial charge in [-0.05, 0) is 20.8 Å². The second-order valence-corrected chi connectivity index (χ2v) is 7.90. The standard InChI is InChI=1S/C11H20O2.C5H12O2.Ti/c1-10(2,3)8(12)7-9(13)11(4,5)6;1-5(2,3-6)4-7;/h7,12H,1-6H3;6-7H,3-4H2,1-2H3;/p+1/b8-7-;;. The predicted octanol–water partition coefficient (Wildman–Crippen LogP) is 3.06. The Morgan fingerprint density at radius 1 is 0.857 bits per heavy atom. The molecule has 0 rings (SSSR count). The molecule has 4 nitrogen and oxygen atoms in total. The first-order valence-electron chi connectivity index (χ1n) is 6.86. The van der Waals surface area contributed by atoms with Crippen LogP contribution in [0.25, 0.3) is 0 Å². The minimum Gasteiger partial charge on any atom is -0.511 e. The Bertz CT molecular complexity index is 327. The van der Waals surface area contributed by atoms with E-state index in [4.69, 9.17) is 10.2 Å². The largest absolute Gasteiger partial charge is 0.511 e. The van der Waals surface area contributed by atoms with E-state index in [-0.39, 0.29) is 62.7 Å². The van der Waals surface area contributed by atoms with Gasteiger partial charge in [0.25, 0.3) is 0 Å². The van der Waals surface area contributed by atoms with Crippen molar-refractivity contribution in [1.82, 2.24) is 0 Å². The fourth-order valence-corrected chi connectivity index (χ4v) is 0.613. The van der Waals surface area contributed by atoms with Crippen molar-refractivity contribution in [2.75, 3.05) is 13.2 Å². The maximum Gasteiger partial charge on any atom is 0.325 e. The van der Waals surface area contributed by atoms with Crippen molar-refractivity contribution in [2.45, 2.75) is 55.4 Å². The monoisotopic (exact) mass is 337 g/mol. The maximum atomic E-state index is 9.60. The van der Waals surface area contributed by atoms with Gasteiger partial charge >= 0.3 is 5.78 Å². The van der Waals surface area contributed by atoms with Gasteiger partial charge in [-0.2, -0.15) is 0 Å². The molecule has 0 fully saturated rings. The van der Waals surface area contributed by atoms with E-state index in [2.05, 4.69) is 0 Å². The van der Waals surface area contributed by atoms with Crippen LogP contribution in [0.1, 0.15) is 55.4 Å². The summed E-state index contributed by atoms with van der Waals surface area (Å²) in [4.78, 5) is 9.60. The molecule has 21 heavy (non-hydrogen) atoms. The van der Waals surface area contributed by atoms with Crippen LogP contribution in [-0.2, 0) is 21.7 Å². The van der Waals surface area contributed by atoms with E-state index in [0.29, 0.717) is 0 Å². The van der Waals surface area contributed by atoms with Crippen molar-refractivity contribution in [2.24, 2.45) is 16.2 Å². The third-order valence-corrected chi connectivity index (χ3v) is 2.67. The number of ketones is 1. The molecule has 0 bridgehead atoms. The molecule has 5 heteroatoms. The Kier molecular flexibility index (Phi) is 12.0. The van der Waals surface area contributed by atoms with Gasteiger partial charge in [-0.25, -0.2) is 0 Å². The second-order valence-electron chi connectivity index (χ2n) is 7.90. The SMILES string of the molecule is CC(C)(C)C(=[OH+])/C=C(\O)C(C)(C)C.CC(C)(CO)CO.[Ti]. The van der Waals surface area contributed by atoms with Gasteiger partial charge in [0.2, 0.25) is 0 Å². The Morgan fingerprint density at radius 2 is 1.19 bits per heavy atom. The summed E-state index contributed by atoms with van der Waals surface area (Å²) in [5, 5.41) is 26.5. The first kappa shape index (κ1) is 25.8. The molecule has 0 aromatic carbocycles. The number of hydrogen-bond donors (Lipinski definition) is 3. The Balaban J connectivity index is -0.000000347. The number of aliphatic hydroxyl groups is 3. The number of hydrogen-bond acceptors (Lipinski definition) is 3. The van der Waals surface area contributed by atoms with E-state index in [1.54, 1.807) is 13.8 Å². The molecule has 0 spiro atoms. The zero-order chi connectivity index (χ0) is 16.8. The van der Waals surface area contributed by atoms with Crippen molar-refractivity contribution in [3.63, 3.8) is 0 Å². The molecule has 4 N–H and O–H groups in total. The molecule has 0 radical (unpaired) electrons. The van der Waals surface area contributed by atoms with E-state index in [1.165, 1.54) is 6.08 Å². The van der Waals surface area contributed by atoms with Gasteiger partial charge in [0.05, 0.1) is 24.7 Å². The van der Waals surface area contributed by atoms with Crippen molar-refractivity contribution < 1.29 is 41.8 Å². The van der Waals surface area contributed by atoms with Gasteiger partial charge in [-0.1, -0.05) is 34.6 Å². The molecule has 0 aliphatic rings. The van der Waals surface area contributed by atoms with E-state index < -0.39 is 0 Å². The van der Waals surface area contributed by atoms with Crippen molar-refractivity contribution in [1.29, 1.82) is 0 Å². The van der Waals surface area contributed by atoms with Crippen LogP contribution in [-0.4, -0.2) is 39.1 Å². The smallest absolute Gasteiger partial charge is 0.325 e. The van der Waals surface area contributed by atoms with E-state index in [1.807, 2.05) is 41.5 Å². The van der Waals surface area contributed by atoms with Crippen LogP contribution >= 0.6 is 0 Å². The zero-order valence-electron chi connectivity index (χ0n) is 14.8. The number of aliphatic hydroxyl groups excluding tert-OH is 3. The van der Waals surface area contributed by atoms with Crippen LogP contribution in [0.4, 0.5) is 0 Å².